The van der Waals surface area contributed by atoms with E-state index in [0.717, 1.165) is 0 Å². The van der Waals surface area contributed by atoms with E-state index >= 15 is 0 Å². The second-order valence-corrected chi connectivity index (χ2v) is 11.2. The molecule has 1 saturated heterocycles. The van der Waals surface area contributed by atoms with E-state index in [2.05, 4.69) is 25.8 Å². The number of amides is 3. The van der Waals surface area contributed by atoms with Gasteiger partial charge in [-0.25, -0.2) is 14.3 Å². The first-order valence-corrected chi connectivity index (χ1v) is 13.7. The Balaban J connectivity index is 1.37. The Labute approximate surface area is 246 Å². The monoisotopic (exact) mass is 594 g/mol. The largest absolute Gasteiger partial charge is 0.496 e. The minimum absolute atomic E-state index is 0.0941. The van der Waals surface area contributed by atoms with Crippen LogP contribution < -0.4 is 15.4 Å². The normalized spacial score (nSPS) is 15.1. The number of halogens is 1. The molecule has 1 aromatic carbocycles. The number of anilines is 1. The lowest BCUT2D eigenvalue weighted by Gasteiger charge is -2.22. The fraction of sp³-hybridized carbons (Fsp3) is 0.357. The molecule has 4 aromatic rings. The van der Waals surface area contributed by atoms with E-state index in [4.69, 9.17) is 21.1 Å². The van der Waals surface area contributed by atoms with Crippen LogP contribution in [-0.4, -0.2) is 79.0 Å². The number of carbonyl (C=O) groups is 3. The average Bonchev–Trinajstić information content (AvgIpc) is 3.66. The minimum atomic E-state index is -0.614. The van der Waals surface area contributed by atoms with Crippen molar-refractivity contribution in [2.75, 3.05) is 25.5 Å². The van der Waals surface area contributed by atoms with Crippen molar-refractivity contribution in [3.63, 3.8) is 0 Å². The molecular weight excluding hydrogens is 564 g/mol. The lowest BCUT2D eigenvalue weighted by atomic mass is 10.1. The van der Waals surface area contributed by atoms with E-state index in [1.165, 1.54) is 22.5 Å². The molecule has 14 heteroatoms. The van der Waals surface area contributed by atoms with Gasteiger partial charge in [-0.05, 0) is 51.5 Å². The van der Waals surface area contributed by atoms with Crippen molar-refractivity contribution >= 4 is 40.8 Å². The number of nitrogens with one attached hydrogen (secondary N) is 2. The molecule has 3 amide bonds. The lowest BCUT2D eigenvalue weighted by Crippen LogP contribution is -2.41. The number of aromatic nitrogens is 5. The van der Waals surface area contributed by atoms with Gasteiger partial charge in [0.15, 0.2) is 5.65 Å². The molecule has 1 unspecified atom stereocenters. The van der Waals surface area contributed by atoms with Crippen LogP contribution in [0, 0.1) is 0 Å². The Bertz CT molecular complexity index is 1640. The van der Waals surface area contributed by atoms with Gasteiger partial charge in [0.25, 0.3) is 5.91 Å². The molecule has 5 rings (SSSR count). The van der Waals surface area contributed by atoms with E-state index in [1.54, 1.807) is 68.5 Å². The van der Waals surface area contributed by atoms with Crippen LogP contribution in [0.2, 0.25) is 5.02 Å². The van der Waals surface area contributed by atoms with E-state index in [9.17, 15) is 14.4 Å². The van der Waals surface area contributed by atoms with Gasteiger partial charge in [0.1, 0.15) is 29.2 Å². The molecule has 1 aliphatic rings. The summed E-state index contributed by atoms with van der Waals surface area (Å²) in [5.74, 6) is -0.160. The molecule has 0 bridgehead atoms. The summed E-state index contributed by atoms with van der Waals surface area (Å²) in [5, 5.41) is 15.0. The summed E-state index contributed by atoms with van der Waals surface area (Å²) in [5.41, 5.74) is 1.29. The molecule has 0 radical (unpaired) electrons. The molecule has 1 atom stereocenters. The fourth-order valence-corrected chi connectivity index (χ4v) is 4.82. The Kier molecular flexibility index (Phi) is 8.03. The highest BCUT2D eigenvalue weighted by molar-refractivity contribution is 6.31. The Morgan fingerprint density at radius 1 is 1.21 bits per heavy atom. The van der Waals surface area contributed by atoms with Crippen LogP contribution >= 0.6 is 11.6 Å². The number of benzene rings is 1. The molecule has 0 saturated carbocycles. The number of carbonyl (C=O) groups excluding carboxylic acids is 3. The van der Waals surface area contributed by atoms with Crippen molar-refractivity contribution in [3.8, 4) is 17.0 Å². The van der Waals surface area contributed by atoms with Crippen molar-refractivity contribution in [3.05, 3.63) is 59.6 Å². The molecule has 1 fully saturated rings. The minimum Gasteiger partial charge on any atom is -0.496 e. The topological polar surface area (TPSA) is 145 Å². The number of likely N-dealkylation sites (tertiary alicyclic amines) is 1. The highest BCUT2D eigenvalue weighted by Crippen LogP contribution is 2.36. The third-order valence-electron chi connectivity index (χ3n) is 6.51. The summed E-state index contributed by atoms with van der Waals surface area (Å²) in [4.78, 5) is 44.6. The van der Waals surface area contributed by atoms with Gasteiger partial charge in [0, 0.05) is 42.3 Å². The van der Waals surface area contributed by atoms with Crippen molar-refractivity contribution in [2.24, 2.45) is 0 Å². The first kappa shape index (κ1) is 28.9. The first-order valence-electron chi connectivity index (χ1n) is 13.3. The van der Waals surface area contributed by atoms with Crippen LogP contribution in [0.1, 0.15) is 37.6 Å². The highest BCUT2D eigenvalue weighted by Gasteiger charge is 2.29. The van der Waals surface area contributed by atoms with Gasteiger partial charge in [-0.15, -0.1) is 0 Å². The number of methoxy groups -OCH3 is 1. The maximum atomic E-state index is 13.3. The number of nitrogens with zero attached hydrogens (tertiary/aromatic N) is 6. The van der Waals surface area contributed by atoms with E-state index in [-0.39, 0.29) is 24.1 Å². The summed E-state index contributed by atoms with van der Waals surface area (Å²) < 4.78 is 13.8. The van der Waals surface area contributed by atoms with Crippen LogP contribution in [0.25, 0.3) is 16.9 Å². The van der Waals surface area contributed by atoms with E-state index < -0.39 is 17.6 Å². The number of hydrogen-bond acceptors (Lipinski definition) is 8. The van der Waals surface area contributed by atoms with Gasteiger partial charge >= 0.3 is 6.09 Å². The molecule has 42 heavy (non-hydrogen) atoms. The Morgan fingerprint density at radius 2 is 2.02 bits per heavy atom. The van der Waals surface area contributed by atoms with Crippen LogP contribution in [0.15, 0.2) is 49.1 Å². The maximum Gasteiger partial charge on any atom is 0.407 e. The summed E-state index contributed by atoms with van der Waals surface area (Å²) in [7, 11) is 1.52. The number of rotatable bonds is 7. The van der Waals surface area contributed by atoms with Crippen molar-refractivity contribution in [1.29, 1.82) is 0 Å². The second-order valence-electron chi connectivity index (χ2n) is 10.8. The zero-order valence-electron chi connectivity index (χ0n) is 23.6. The van der Waals surface area contributed by atoms with Crippen LogP contribution in [-0.2, 0) is 16.1 Å². The SMILES string of the molecule is COc1ccc(Cl)cc1-c1nn(CC(=O)N2CCC(NC(=O)OC(C)(C)C)C2)cc1NC(=O)c1cnn2cccnc12. The zero-order valence-corrected chi connectivity index (χ0v) is 24.4. The van der Waals surface area contributed by atoms with Gasteiger partial charge in [0.2, 0.25) is 5.91 Å². The standard InChI is InChI=1S/C28H31ClN8O5/c1-28(2,3)42-27(40)32-18-8-11-35(14-18)23(38)16-36-15-21(24(34-36)19-12-17(29)6-7-22(19)41-4)33-26(39)20-13-31-37-10-5-9-30-25(20)37/h5-7,9-10,12-13,15,18H,8,11,14,16H2,1-4H3,(H,32,40)(H,33,39). The highest BCUT2D eigenvalue weighted by atomic mass is 35.5. The van der Waals surface area contributed by atoms with Gasteiger partial charge in [0.05, 0.1) is 25.0 Å². The number of alkyl carbamates (subject to hydrolysis) is 1. The molecular formula is C28H31ClN8O5. The van der Waals surface area contributed by atoms with E-state index in [0.29, 0.717) is 52.9 Å². The van der Waals surface area contributed by atoms with Gasteiger partial charge in [-0.3, -0.25) is 14.3 Å². The smallest absolute Gasteiger partial charge is 0.407 e. The third kappa shape index (κ3) is 6.46. The van der Waals surface area contributed by atoms with Crippen LogP contribution in [0.3, 0.4) is 0 Å². The predicted molar refractivity (Wildman–Crippen MR) is 155 cm³/mol. The molecule has 1 aliphatic heterocycles. The number of ether oxygens (including phenoxy) is 2. The van der Waals surface area contributed by atoms with E-state index in [1.807, 2.05) is 0 Å². The molecule has 3 aromatic heterocycles. The summed E-state index contributed by atoms with van der Waals surface area (Å²) in [6.45, 7) is 6.10. The van der Waals surface area contributed by atoms with Gasteiger partial charge in [-0.2, -0.15) is 10.2 Å². The molecule has 4 heterocycles. The second kappa shape index (κ2) is 11.7. The number of hydrogen-bond donors (Lipinski definition) is 2. The maximum absolute atomic E-state index is 13.3. The first-order chi connectivity index (χ1) is 20.0. The molecule has 13 nitrogen and oxygen atoms in total. The van der Waals surface area contributed by atoms with Crippen LogP contribution in [0.4, 0.5) is 10.5 Å². The van der Waals surface area contributed by atoms with Crippen LogP contribution in [0.5, 0.6) is 5.75 Å². The Morgan fingerprint density at radius 3 is 2.79 bits per heavy atom. The zero-order chi connectivity index (χ0) is 30.0. The van der Waals surface area contributed by atoms with Gasteiger partial charge < -0.3 is 25.0 Å². The molecule has 2 N–H and O–H groups in total. The summed E-state index contributed by atoms with van der Waals surface area (Å²) >= 11 is 6.29. The quantitative estimate of drug-likeness (QED) is 0.330. The summed E-state index contributed by atoms with van der Waals surface area (Å²) in [6, 6.07) is 6.55. The molecule has 0 aliphatic carbocycles. The van der Waals surface area contributed by atoms with Crippen molar-refractivity contribution < 1.29 is 23.9 Å². The fourth-order valence-electron chi connectivity index (χ4n) is 4.65. The van der Waals surface area contributed by atoms with Crippen molar-refractivity contribution in [2.45, 2.75) is 45.4 Å². The van der Waals surface area contributed by atoms with Crippen molar-refractivity contribution in [1.82, 2.24) is 34.6 Å². The third-order valence-corrected chi connectivity index (χ3v) is 6.74. The Hall–Kier alpha value is -4.65. The summed E-state index contributed by atoms with van der Waals surface area (Å²) in [6.07, 6.45) is 6.36. The number of fused-ring (bicyclic) bond motifs is 1. The predicted octanol–water partition coefficient (Wildman–Crippen LogP) is 3.63. The lowest BCUT2D eigenvalue weighted by molar-refractivity contribution is -0.131. The average molecular weight is 595 g/mol. The molecule has 0 spiro atoms. The van der Waals surface area contributed by atoms with Gasteiger partial charge in [-0.1, -0.05) is 11.6 Å². The molecule has 220 valence electrons.